The van der Waals surface area contributed by atoms with Crippen molar-refractivity contribution in [3.8, 4) is 0 Å². The second-order valence-corrected chi connectivity index (χ2v) is 7.22. The smallest absolute Gasteiger partial charge is 0.224 e. The van der Waals surface area contributed by atoms with Gasteiger partial charge in [0, 0.05) is 58.0 Å². The molecule has 1 aromatic carbocycles. The second kappa shape index (κ2) is 8.87. The van der Waals surface area contributed by atoms with E-state index in [0.717, 1.165) is 35.7 Å². The third-order valence-corrected chi connectivity index (χ3v) is 5.24. The molecular formula is C22H28N4O2. The largest absolute Gasteiger partial charge is 0.353 e. The van der Waals surface area contributed by atoms with Crippen molar-refractivity contribution in [2.24, 2.45) is 0 Å². The zero-order valence-electron chi connectivity index (χ0n) is 16.9. The number of hydrogen-bond acceptors (Lipinski definition) is 4. The summed E-state index contributed by atoms with van der Waals surface area (Å²) in [6.45, 7) is 8.86. The van der Waals surface area contributed by atoms with E-state index in [0.29, 0.717) is 26.1 Å². The fourth-order valence-electron chi connectivity index (χ4n) is 3.75. The van der Waals surface area contributed by atoms with E-state index in [9.17, 15) is 9.59 Å². The summed E-state index contributed by atoms with van der Waals surface area (Å²) < 4.78 is 0. The van der Waals surface area contributed by atoms with E-state index in [-0.39, 0.29) is 11.8 Å². The Morgan fingerprint density at radius 3 is 2.25 bits per heavy atom. The van der Waals surface area contributed by atoms with Gasteiger partial charge in [-0.05, 0) is 37.1 Å². The Morgan fingerprint density at radius 1 is 1.00 bits per heavy atom. The Bertz CT molecular complexity index is 809. The number of nitrogens with zero attached hydrogens (tertiary/aromatic N) is 4. The van der Waals surface area contributed by atoms with E-state index in [1.54, 1.807) is 18.0 Å². The number of hydrogen-bond donors (Lipinski definition) is 0. The Labute approximate surface area is 166 Å². The van der Waals surface area contributed by atoms with Crippen molar-refractivity contribution in [1.29, 1.82) is 0 Å². The highest BCUT2D eigenvalue weighted by Crippen LogP contribution is 2.25. The van der Waals surface area contributed by atoms with Crippen LogP contribution in [-0.4, -0.2) is 54.4 Å². The van der Waals surface area contributed by atoms with Crippen LogP contribution in [0.3, 0.4) is 0 Å². The molecule has 3 rings (SSSR count). The minimum Gasteiger partial charge on any atom is -0.353 e. The maximum atomic E-state index is 12.7. The summed E-state index contributed by atoms with van der Waals surface area (Å²) in [5.41, 5.74) is 3.01. The quantitative estimate of drug-likeness (QED) is 0.800. The van der Waals surface area contributed by atoms with Gasteiger partial charge in [-0.15, -0.1) is 0 Å². The van der Waals surface area contributed by atoms with E-state index in [1.165, 1.54) is 0 Å². The third-order valence-electron chi connectivity index (χ3n) is 5.24. The van der Waals surface area contributed by atoms with Gasteiger partial charge in [0.25, 0.3) is 0 Å². The molecule has 0 radical (unpaired) electrons. The molecule has 0 N–H and O–H groups in total. The predicted octanol–water partition coefficient (Wildman–Crippen LogP) is 2.79. The molecule has 6 nitrogen and oxygen atoms in total. The van der Waals surface area contributed by atoms with Gasteiger partial charge < -0.3 is 14.7 Å². The number of benzene rings is 1. The minimum absolute atomic E-state index is 0.0369. The fourth-order valence-corrected chi connectivity index (χ4v) is 3.75. The Morgan fingerprint density at radius 2 is 1.68 bits per heavy atom. The molecule has 1 saturated heterocycles. The van der Waals surface area contributed by atoms with Crippen LogP contribution in [0.4, 0.5) is 11.5 Å². The lowest BCUT2D eigenvalue weighted by molar-refractivity contribution is -0.131. The van der Waals surface area contributed by atoms with Crippen molar-refractivity contribution in [1.82, 2.24) is 9.88 Å². The highest BCUT2D eigenvalue weighted by Gasteiger charge is 2.23. The Kier molecular flexibility index (Phi) is 6.29. The van der Waals surface area contributed by atoms with Crippen LogP contribution in [0.1, 0.15) is 24.5 Å². The molecule has 1 fully saturated rings. The molecule has 2 heterocycles. The van der Waals surface area contributed by atoms with Crippen molar-refractivity contribution < 1.29 is 9.59 Å². The normalized spacial score (nSPS) is 14.1. The maximum Gasteiger partial charge on any atom is 0.224 e. The highest BCUT2D eigenvalue weighted by atomic mass is 16.2. The van der Waals surface area contributed by atoms with Gasteiger partial charge in [0.15, 0.2) is 0 Å². The molecule has 2 amide bonds. The monoisotopic (exact) mass is 380 g/mol. The first kappa shape index (κ1) is 19.9. The Balaban J connectivity index is 1.58. The van der Waals surface area contributed by atoms with Gasteiger partial charge in [-0.1, -0.05) is 24.3 Å². The Hall–Kier alpha value is -2.89. The number of aromatic nitrogens is 1. The number of anilines is 2. The zero-order valence-corrected chi connectivity index (χ0v) is 16.9. The summed E-state index contributed by atoms with van der Waals surface area (Å²) in [7, 11) is 0. The number of rotatable bonds is 5. The third kappa shape index (κ3) is 4.50. The molecule has 28 heavy (non-hydrogen) atoms. The number of pyridine rings is 1. The number of para-hydroxylation sites is 1. The minimum atomic E-state index is -0.0369. The first-order valence-electron chi connectivity index (χ1n) is 9.75. The summed E-state index contributed by atoms with van der Waals surface area (Å²) in [6.07, 6.45) is 2.12. The molecule has 0 aliphatic carbocycles. The van der Waals surface area contributed by atoms with Crippen molar-refractivity contribution in [2.75, 3.05) is 42.5 Å². The number of carbonyl (C=O) groups excluding carboxylic acids is 2. The molecule has 0 atom stereocenters. The predicted molar refractivity (Wildman–Crippen MR) is 112 cm³/mol. The molecule has 0 spiro atoms. The lowest BCUT2D eigenvalue weighted by Crippen LogP contribution is -2.49. The van der Waals surface area contributed by atoms with E-state index in [2.05, 4.69) is 9.88 Å². The van der Waals surface area contributed by atoms with Gasteiger partial charge in [0.05, 0.1) is 0 Å². The van der Waals surface area contributed by atoms with Crippen LogP contribution in [0.5, 0.6) is 0 Å². The van der Waals surface area contributed by atoms with E-state index >= 15 is 0 Å². The molecule has 2 aromatic rings. The van der Waals surface area contributed by atoms with Crippen LogP contribution in [0.2, 0.25) is 0 Å². The summed E-state index contributed by atoms with van der Waals surface area (Å²) in [5.74, 6) is 1.01. The molecule has 0 saturated carbocycles. The number of aryl methyl sites for hydroxylation is 2. The van der Waals surface area contributed by atoms with Crippen LogP contribution < -0.4 is 9.80 Å². The first-order valence-corrected chi connectivity index (χ1v) is 9.75. The SMILES string of the molecule is CC(=O)N(CCC(=O)N1CCN(c2ccccn2)CC1)c1c(C)cccc1C. The van der Waals surface area contributed by atoms with Crippen molar-refractivity contribution in [3.05, 3.63) is 53.7 Å². The lowest BCUT2D eigenvalue weighted by Gasteiger charge is -2.36. The highest BCUT2D eigenvalue weighted by molar-refractivity contribution is 5.94. The zero-order chi connectivity index (χ0) is 20.1. The molecule has 0 unspecified atom stereocenters. The van der Waals surface area contributed by atoms with Crippen molar-refractivity contribution in [2.45, 2.75) is 27.2 Å². The number of carbonyl (C=O) groups is 2. The molecule has 1 aliphatic heterocycles. The van der Waals surface area contributed by atoms with Gasteiger partial charge in [0.2, 0.25) is 11.8 Å². The van der Waals surface area contributed by atoms with Crippen LogP contribution in [0.15, 0.2) is 42.6 Å². The van der Waals surface area contributed by atoms with Crippen LogP contribution in [0.25, 0.3) is 0 Å². The maximum absolute atomic E-state index is 12.7. The number of amides is 2. The van der Waals surface area contributed by atoms with Gasteiger partial charge in [-0.2, -0.15) is 0 Å². The van der Waals surface area contributed by atoms with Crippen LogP contribution in [-0.2, 0) is 9.59 Å². The van der Waals surface area contributed by atoms with Gasteiger partial charge in [-0.25, -0.2) is 4.98 Å². The second-order valence-electron chi connectivity index (χ2n) is 7.22. The lowest BCUT2D eigenvalue weighted by atomic mass is 10.1. The molecule has 148 valence electrons. The van der Waals surface area contributed by atoms with E-state index in [1.807, 2.05) is 55.1 Å². The molecule has 1 aliphatic rings. The van der Waals surface area contributed by atoms with Crippen molar-refractivity contribution >= 4 is 23.3 Å². The molecule has 1 aromatic heterocycles. The summed E-state index contributed by atoms with van der Waals surface area (Å²) in [5, 5.41) is 0. The van der Waals surface area contributed by atoms with Crippen LogP contribution >= 0.6 is 0 Å². The molecule has 6 heteroatoms. The number of piperazine rings is 1. The van der Waals surface area contributed by atoms with E-state index < -0.39 is 0 Å². The topological polar surface area (TPSA) is 56.8 Å². The summed E-state index contributed by atoms with van der Waals surface area (Å²) in [6, 6.07) is 11.9. The summed E-state index contributed by atoms with van der Waals surface area (Å²) in [4.78, 5) is 35.1. The van der Waals surface area contributed by atoms with Crippen molar-refractivity contribution in [3.63, 3.8) is 0 Å². The average molecular weight is 380 g/mol. The molecular weight excluding hydrogens is 352 g/mol. The van der Waals surface area contributed by atoms with Gasteiger partial charge in [-0.3, -0.25) is 9.59 Å². The molecule has 0 bridgehead atoms. The van der Waals surface area contributed by atoms with Gasteiger partial charge >= 0.3 is 0 Å². The van der Waals surface area contributed by atoms with Gasteiger partial charge in [0.1, 0.15) is 5.82 Å². The average Bonchev–Trinajstić information content (AvgIpc) is 2.70. The van der Waals surface area contributed by atoms with E-state index in [4.69, 9.17) is 0 Å². The fraction of sp³-hybridized carbons (Fsp3) is 0.409. The standard InChI is InChI=1S/C22H28N4O2/c1-17-7-6-8-18(2)22(17)26(19(3)27)12-10-21(28)25-15-13-24(14-16-25)20-9-4-5-11-23-20/h4-9,11H,10,12-16H2,1-3H3. The van der Waals surface area contributed by atoms with Crippen LogP contribution in [0, 0.1) is 13.8 Å². The summed E-state index contributed by atoms with van der Waals surface area (Å²) >= 11 is 0. The first-order chi connectivity index (χ1) is 13.5.